The van der Waals surface area contributed by atoms with Crippen LogP contribution in [0.15, 0.2) is 30.3 Å². The molecule has 0 bridgehead atoms. The van der Waals surface area contributed by atoms with Gasteiger partial charge in [0.05, 0.1) is 0 Å². The van der Waals surface area contributed by atoms with E-state index in [1.165, 1.54) is 6.08 Å². The summed E-state index contributed by atoms with van der Waals surface area (Å²) in [6.45, 7) is 3.75. The Balaban J connectivity index is 2.57. The second kappa shape index (κ2) is 6.21. The molecule has 4 heteroatoms. The highest BCUT2D eigenvalue weighted by atomic mass is 16.3. The van der Waals surface area contributed by atoms with Crippen LogP contribution in [0.1, 0.15) is 25.8 Å². The van der Waals surface area contributed by atoms with Gasteiger partial charge in [0.15, 0.2) is 0 Å². The van der Waals surface area contributed by atoms with Crippen molar-refractivity contribution >= 4 is 12.0 Å². The molecule has 4 nitrogen and oxygen atoms in total. The minimum absolute atomic E-state index is 0.0367. The van der Waals surface area contributed by atoms with E-state index in [0.717, 1.165) is 5.56 Å². The maximum Gasteiger partial charge on any atom is 0.244 e. The number of carbonyl (C=O) groups is 1. The van der Waals surface area contributed by atoms with Crippen molar-refractivity contribution in [3.05, 3.63) is 35.9 Å². The van der Waals surface area contributed by atoms with Gasteiger partial charge in [0, 0.05) is 18.2 Å². The van der Waals surface area contributed by atoms with Crippen LogP contribution in [0, 0.1) is 0 Å². The fourth-order valence-corrected chi connectivity index (χ4v) is 1.47. The molecule has 0 fully saturated rings. The van der Waals surface area contributed by atoms with Gasteiger partial charge in [-0.25, -0.2) is 0 Å². The topological polar surface area (TPSA) is 69.6 Å². The van der Waals surface area contributed by atoms with Gasteiger partial charge in [0.1, 0.15) is 5.75 Å². The lowest BCUT2D eigenvalue weighted by atomic mass is 10.0. The van der Waals surface area contributed by atoms with Gasteiger partial charge in [-0.15, -0.1) is 0 Å². The highest BCUT2D eigenvalue weighted by molar-refractivity contribution is 5.92. The third-order valence-corrected chi connectivity index (χ3v) is 2.52. The molecule has 0 aliphatic rings. The smallest absolute Gasteiger partial charge is 0.244 e. The SMILES string of the molecule is CC(C)(CCO)NC(=O)/C=C/c1ccc(O)cc1. The van der Waals surface area contributed by atoms with E-state index < -0.39 is 5.54 Å². The summed E-state index contributed by atoms with van der Waals surface area (Å²) < 4.78 is 0. The summed E-state index contributed by atoms with van der Waals surface area (Å²) in [7, 11) is 0. The van der Waals surface area contributed by atoms with E-state index in [1.807, 2.05) is 13.8 Å². The van der Waals surface area contributed by atoms with Crippen LogP contribution in [0.25, 0.3) is 6.08 Å². The molecule has 3 N–H and O–H groups in total. The summed E-state index contributed by atoms with van der Waals surface area (Å²) in [5, 5.41) is 20.8. The first-order chi connectivity index (χ1) is 8.43. The minimum atomic E-state index is -0.425. The third kappa shape index (κ3) is 5.01. The van der Waals surface area contributed by atoms with Crippen LogP contribution in [0.3, 0.4) is 0 Å². The predicted octanol–water partition coefficient (Wildman–Crippen LogP) is 1.68. The molecule has 0 unspecified atom stereocenters. The van der Waals surface area contributed by atoms with Crippen molar-refractivity contribution in [1.29, 1.82) is 0 Å². The lowest BCUT2D eigenvalue weighted by Gasteiger charge is -2.24. The van der Waals surface area contributed by atoms with E-state index in [9.17, 15) is 4.79 Å². The average molecular weight is 249 g/mol. The molecule has 0 aliphatic carbocycles. The van der Waals surface area contributed by atoms with Gasteiger partial charge in [-0.1, -0.05) is 12.1 Å². The van der Waals surface area contributed by atoms with E-state index in [1.54, 1.807) is 30.3 Å². The molecule has 1 aromatic carbocycles. The van der Waals surface area contributed by atoms with Gasteiger partial charge >= 0.3 is 0 Å². The summed E-state index contributed by atoms with van der Waals surface area (Å²) in [5.41, 5.74) is 0.411. The number of benzene rings is 1. The molecule has 1 rings (SSSR count). The summed E-state index contributed by atoms with van der Waals surface area (Å²) in [5.74, 6) is -0.0118. The van der Waals surface area contributed by atoms with Gasteiger partial charge in [-0.3, -0.25) is 4.79 Å². The van der Waals surface area contributed by atoms with Gasteiger partial charge in [0.2, 0.25) is 5.91 Å². The molecule has 18 heavy (non-hydrogen) atoms. The van der Waals surface area contributed by atoms with Crippen LogP contribution >= 0.6 is 0 Å². The van der Waals surface area contributed by atoms with E-state index >= 15 is 0 Å². The number of aliphatic hydroxyl groups is 1. The van der Waals surface area contributed by atoms with Crippen LogP contribution in [0.4, 0.5) is 0 Å². The van der Waals surface area contributed by atoms with Crippen LogP contribution in [-0.4, -0.2) is 28.3 Å². The highest BCUT2D eigenvalue weighted by Crippen LogP contribution is 2.11. The van der Waals surface area contributed by atoms with Crippen molar-refractivity contribution in [2.75, 3.05) is 6.61 Å². The number of amides is 1. The number of phenolic OH excluding ortho intramolecular Hbond substituents is 1. The number of aliphatic hydroxyl groups excluding tert-OH is 1. The van der Waals surface area contributed by atoms with Crippen LogP contribution in [0.5, 0.6) is 5.75 Å². The van der Waals surface area contributed by atoms with Crippen molar-refractivity contribution in [3.63, 3.8) is 0 Å². The first-order valence-electron chi connectivity index (χ1n) is 5.83. The lowest BCUT2D eigenvalue weighted by Crippen LogP contribution is -2.43. The van der Waals surface area contributed by atoms with Crippen LogP contribution < -0.4 is 5.32 Å². The Morgan fingerprint density at radius 2 is 1.94 bits per heavy atom. The maximum atomic E-state index is 11.6. The molecular weight excluding hydrogens is 230 g/mol. The Bertz CT molecular complexity index is 421. The van der Waals surface area contributed by atoms with Crippen LogP contribution in [0.2, 0.25) is 0 Å². The number of hydrogen-bond donors (Lipinski definition) is 3. The molecule has 0 atom stereocenters. The third-order valence-electron chi connectivity index (χ3n) is 2.52. The molecule has 0 spiro atoms. The molecule has 0 radical (unpaired) electrons. The summed E-state index contributed by atoms with van der Waals surface area (Å²) in [6, 6.07) is 6.57. The first kappa shape index (κ1) is 14.3. The first-order valence-corrected chi connectivity index (χ1v) is 5.83. The van der Waals surface area contributed by atoms with Crippen molar-refractivity contribution in [2.45, 2.75) is 25.8 Å². The van der Waals surface area contributed by atoms with E-state index in [2.05, 4.69) is 5.32 Å². The van der Waals surface area contributed by atoms with E-state index in [-0.39, 0.29) is 18.3 Å². The van der Waals surface area contributed by atoms with Crippen molar-refractivity contribution in [1.82, 2.24) is 5.32 Å². The highest BCUT2D eigenvalue weighted by Gasteiger charge is 2.17. The Morgan fingerprint density at radius 3 is 2.50 bits per heavy atom. The second-order valence-corrected chi connectivity index (χ2v) is 4.77. The molecule has 0 aliphatic heterocycles. The zero-order valence-corrected chi connectivity index (χ0v) is 10.7. The minimum Gasteiger partial charge on any atom is -0.508 e. The standard InChI is InChI=1S/C14H19NO3/c1-14(2,9-10-16)15-13(18)8-5-11-3-6-12(17)7-4-11/h3-8,16-17H,9-10H2,1-2H3,(H,15,18)/b8-5+. The molecule has 1 amide bonds. The summed E-state index contributed by atoms with van der Waals surface area (Å²) in [4.78, 5) is 11.6. The normalized spacial score (nSPS) is 11.7. The summed E-state index contributed by atoms with van der Waals surface area (Å²) >= 11 is 0. The lowest BCUT2D eigenvalue weighted by molar-refractivity contribution is -0.118. The van der Waals surface area contributed by atoms with E-state index in [0.29, 0.717) is 6.42 Å². The fraction of sp³-hybridized carbons (Fsp3) is 0.357. The number of aromatic hydroxyl groups is 1. The molecule has 0 aromatic heterocycles. The number of nitrogens with one attached hydrogen (secondary N) is 1. The zero-order valence-electron chi connectivity index (χ0n) is 10.7. The number of carbonyl (C=O) groups excluding carboxylic acids is 1. The molecular formula is C14H19NO3. The van der Waals surface area contributed by atoms with Gasteiger partial charge in [-0.2, -0.15) is 0 Å². The molecule has 98 valence electrons. The van der Waals surface area contributed by atoms with Gasteiger partial charge < -0.3 is 15.5 Å². The Hall–Kier alpha value is -1.81. The monoisotopic (exact) mass is 249 g/mol. The fourth-order valence-electron chi connectivity index (χ4n) is 1.47. The quantitative estimate of drug-likeness (QED) is 0.695. The maximum absolute atomic E-state index is 11.6. The second-order valence-electron chi connectivity index (χ2n) is 4.77. The Kier molecular flexibility index (Phi) is 4.92. The predicted molar refractivity (Wildman–Crippen MR) is 71.1 cm³/mol. The number of phenols is 1. The summed E-state index contributed by atoms with van der Waals surface area (Å²) in [6.07, 6.45) is 3.61. The number of rotatable bonds is 5. The average Bonchev–Trinajstić information content (AvgIpc) is 2.27. The zero-order chi connectivity index (χ0) is 13.6. The largest absolute Gasteiger partial charge is 0.508 e. The molecule has 0 heterocycles. The molecule has 0 saturated carbocycles. The van der Waals surface area contributed by atoms with Crippen LogP contribution in [-0.2, 0) is 4.79 Å². The number of hydrogen-bond acceptors (Lipinski definition) is 3. The van der Waals surface area contributed by atoms with Crippen molar-refractivity contribution in [3.8, 4) is 5.75 Å². The Morgan fingerprint density at radius 1 is 1.33 bits per heavy atom. The molecule has 1 aromatic rings. The van der Waals surface area contributed by atoms with Crippen molar-refractivity contribution in [2.24, 2.45) is 0 Å². The molecule has 0 saturated heterocycles. The van der Waals surface area contributed by atoms with Crippen molar-refractivity contribution < 1.29 is 15.0 Å². The van der Waals surface area contributed by atoms with Gasteiger partial charge in [0.25, 0.3) is 0 Å². The Labute approximate surface area is 107 Å². The van der Waals surface area contributed by atoms with Gasteiger partial charge in [-0.05, 0) is 44.0 Å². The van der Waals surface area contributed by atoms with E-state index in [4.69, 9.17) is 10.2 Å².